The molecule has 1 aromatic heterocycles. The van der Waals surface area contributed by atoms with Crippen molar-refractivity contribution in [1.82, 2.24) is 14.9 Å². The Morgan fingerprint density at radius 3 is 2.70 bits per heavy atom. The second kappa shape index (κ2) is 6.17. The number of hydrogen-bond donors (Lipinski definition) is 2. The molecule has 0 atom stereocenters. The largest absolute Gasteiger partial charge is 0.368 e. The molecule has 1 fully saturated rings. The Balaban J connectivity index is 2.02. The summed E-state index contributed by atoms with van der Waals surface area (Å²) in [7, 11) is 4.21. The van der Waals surface area contributed by atoms with Crippen LogP contribution in [0.25, 0.3) is 0 Å². The molecule has 1 aliphatic rings. The van der Waals surface area contributed by atoms with E-state index in [0.29, 0.717) is 5.82 Å². The van der Waals surface area contributed by atoms with Gasteiger partial charge in [0.1, 0.15) is 11.5 Å². The molecule has 2 rings (SSSR count). The van der Waals surface area contributed by atoms with Crippen LogP contribution in [0.2, 0.25) is 0 Å². The number of anilines is 1. The summed E-state index contributed by atoms with van der Waals surface area (Å²) < 4.78 is 0. The first-order valence-corrected chi connectivity index (χ1v) is 7.01. The lowest BCUT2D eigenvalue weighted by Gasteiger charge is -2.32. The molecule has 0 unspecified atom stereocenters. The first-order valence-electron chi connectivity index (χ1n) is 7.01. The highest BCUT2D eigenvalue weighted by Crippen LogP contribution is 2.38. The predicted molar refractivity (Wildman–Crippen MR) is 78.5 cm³/mol. The van der Waals surface area contributed by atoms with E-state index in [-0.39, 0.29) is 11.1 Å². The number of rotatable bonds is 6. The molecule has 1 saturated carbocycles. The minimum absolute atomic E-state index is 0.197. The highest BCUT2D eigenvalue weighted by Gasteiger charge is 2.34. The van der Waals surface area contributed by atoms with Crippen molar-refractivity contribution in [2.75, 3.05) is 32.5 Å². The summed E-state index contributed by atoms with van der Waals surface area (Å²) in [5, 5.41) is 3.32. The van der Waals surface area contributed by atoms with Gasteiger partial charge in [-0.05, 0) is 26.9 Å². The standard InChI is InChI=1S/C14H23N5O/c1-19(2)10-14(5-3-4-6-14)9-17-12-8-16-7-11(18-12)13(15)20/h7-8H,3-6,9-10H2,1-2H3,(H2,15,20)(H,17,18). The van der Waals surface area contributed by atoms with Crippen LogP contribution in [0.15, 0.2) is 12.4 Å². The number of amides is 1. The molecule has 1 aliphatic carbocycles. The van der Waals surface area contributed by atoms with Crippen molar-refractivity contribution in [1.29, 1.82) is 0 Å². The minimum atomic E-state index is -0.551. The van der Waals surface area contributed by atoms with Crippen LogP contribution < -0.4 is 11.1 Å². The van der Waals surface area contributed by atoms with E-state index in [0.717, 1.165) is 13.1 Å². The van der Waals surface area contributed by atoms with Crippen molar-refractivity contribution in [2.45, 2.75) is 25.7 Å². The Hall–Kier alpha value is -1.69. The molecular formula is C14H23N5O. The monoisotopic (exact) mass is 277 g/mol. The lowest BCUT2D eigenvalue weighted by Crippen LogP contribution is -2.37. The van der Waals surface area contributed by atoms with Gasteiger partial charge in [0.05, 0.1) is 12.4 Å². The number of nitrogens with one attached hydrogen (secondary N) is 1. The van der Waals surface area contributed by atoms with Crippen LogP contribution in [0.1, 0.15) is 36.2 Å². The third-order valence-electron chi connectivity index (χ3n) is 3.85. The van der Waals surface area contributed by atoms with E-state index in [1.54, 1.807) is 6.20 Å². The fourth-order valence-corrected chi connectivity index (χ4v) is 3.03. The van der Waals surface area contributed by atoms with Gasteiger partial charge in [0.2, 0.25) is 0 Å². The van der Waals surface area contributed by atoms with Crippen LogP contribution in [-0.4, -0.2) is 48.0 Å². The third-order valence-corrected chi connectivity index (χ3v) is 3.85. The first kappa shape index (κ1) is 14.7. The summed E-state index contributed by atoms with van der Waals surface area (Å²) >= 11 is 0. The number of nitrogens with zero attached hydrogens (tertiary/aromatic N) is 3. The average Bonchev–Trinajstić information content (AvgIpc) is 2.85. The van der Waals surface area contributed by atoms with E-state index in [4.69, 9.17) is 5.73 Å². The highest BCUT2D eigenvalue weighted by atomic mass is 16.1. The van der Waals surface area contributed by atoms with Crippen molar-refractivity contribution in [2.24, 2.45) is 11.1 Å². The van der Waals surface area contributed by atoms with Gasteiger partial charge in [-0.3, -0.25) is 9.78 Å². The van der Waals surface area contributed by atoms with Crippen LogP contribution in [-0.2, 0) is 0 Å². The van der Waals surface area contributed by atoms with Gasteiger partial charge in [0, 0.05) is 18.5 Å². The van der Waals surface area contributed by atoms with Crippen molar-refractivity contribution < 1.29 is 4.79 Å². The number of carbonyl (C=O) groups excluding carboxylic acids is 1. The summed E-state index contributed by atoms with van der Waals surface area (Å²) in [6, 6.07) is 0. The average molecular weight is 277 g/mol. The molecular weight excluding hydrogens is 254 g/mol. The Morgan fingerprint density at radius 1 is 1.40 bits per heavy atom. The van der Waals surface area contributed by atoms with Crippen LogP contribution in [0.3, 0.4) is 0 Å². The van der Waals surface area contributed by atoms with E-state index in [1.807, 2.05) is 0 Å². The fourth-order valence-electron chi connectivity index (χ4n) is 3.03. The SMILES string of the molecule is CN(C)CC1(CNc2cncc(C(N)=O)n2)CCCC1. The molecule has 0 aromatic carbocycles. The number of aromatic nitrogens is 2. The molecule has 110 valence electrons. The number of nitrogens with two attached hydrogens (primary N) is 1. The zero-order valence-corrected chi connectivity index (χ0v) is 12.2. The highest BCUT2D eigenvalue weighted by molar-refractivity contribution is 5.90. The summed E-state index contributed by atoms with van der Waals surface area (Å²) in [4.78, 5) is 21.5. The fraction of sp³-hybridized carbons (Fsp3) is 0.643. The van der Waals surface area contributed by atoms with Gasteiger partial charge in [0.15, 0.2) is 0 Å². The van der Waals surface area contributed by atoms with Crippen molar-refractivity contribution >= 4 is 11.7 Å². The molecule has 0 radical (unpaired) electrons. The lowest BCUT2D eigenvalue weighted by atomic mass is 9.85. The van der Waals surface area contributed by atoms with Crippen molar-refractivity contribution in [3.63, 3.8) is 0 Å². The van der Waals surface area contributed by atoms with E-state index < -0.39 is 5.91 Å². The van der Waals surface area contributed by atoms with Crippen molar-refractivity contribution in [3.05, 3.63) is 18.1 Å². The van der Waals surface area contributed by atoms with E-state index >= 15 is 0 Å². The second-order valence-corrected chi connectivity index (χ2v) is 5.95. The minimum Gasteiger partial charge on any atom is -0.368 e. The maximum absolute atomic E-state index is 11.1. The predicted octanol–water partition coefficient (Wildman–Crippen LogP) is 1.11. The quantitative estimate of drug-likeness (QED) is 0.813. The number of primary amides is 1. The Bertz CT molecular complexity index is 468. The number of carbonyl (C=O) groups is 1. The van der Waals surface area contributed by atoms with E-state index in [2.05, 4.69) is 34.3 Å². The topological polar surface area (TPSA) is 84.1 Å². The van der Waals surface area contributed by atoms with Crippen LogP contribution in [0.5, 0.6) is 0 Å². The van der Waals surface area contributed by atoms with Gasteiger partial charge in [-0.25, -0.2) is 4.98 Å². The van der Waals surface area contributed by atoms with Gasteiger partial charge >= 0.3 is 0 Å². The van der Waals surface area contributed by atoms with E-state index in [1.165, 1.54) is 31.9 Å². The Labute approximate surface area is 119 Å². The van der Waals surface area contributed by atoms with E-state index in [9.17, 15) is 4.79 Å². The van der Waals surface area contributed by atoms with Crippen LogP contribution in [0, 0.1) is 5.41 Å². The molecule has 6 heteroatoms. The third kappa shape index (κ3) is 3.66. The molecule has 1 heterocycles. The zero-order chi connectivity index (χ0) is 14.6. The summed E-state index contributed by atoms with van der Waals surface area (Å²) in [6.07, 6.45) is 8.02. The smallest absolute Gasteiger partial charge is 0.268 e. The number of hydrogen-bond acceptors (Lipinski definition) is 5. The summed E-state index contributed by atoms with van der Waals surface area (Å²) in [5.41, 5.74) is 5.70. The maximum atomic E-state index is 11.1. The molecule has 0 spiro atoms. The molecule has 1 aromatic rings. The molecule has 3 N–H and O–H groups in total. The first-order chi connectivity index (χ1) is 9.51. The lowest BCUT2D eigenvalue weighted by molar-refractivity contribution is 0.0995. The normalized spacial score (nSPS) is 17.4. The maximum Gasteiger partial charge on any atom is 0.268 e. The van der Waals surface area contributed by atoms with Gasteiger partial charge in [0.25, 0.3) is 5.91 Å². The molecule has 6 nitrogen and oxygen atoms in total. The van der Waals surface area contributed by atoms with Crippen LogP contribution in [0.4, 0.5) is 5.82 Å². The molecule has 0 bridgehead atoms. The molecule has 20 heavy (non-hydrogen) atoms. The van der Waals surface area contributed by atoms with Crippen LogP contribution >= 0.6 is 0 Å². The summed E-state index contributed by atoms with van der Waals surface area (Å²) in [6.45, 7) is 1.91. The van der Waals surface area contributed by atoms with Gasteiger partial charge < -0.3 is 16.0 Å². The van der Waals surface area contributed by atoms with Crippen molar-refractivity contribution in [3.8, 4) is 0 Å². The second-order valence-electron chi connectivity index (χ2n) is 5.95. The molecule has 0 saturated heterocycles. The van der Waals surface area contributed by atoms with Gasteiger partial charge in [-0.2, -0.15) is 0 Å². The zero-order valence-electron chi connectivity index (χ0n) is 12.2. The summed E-state index contributed by atoms with van der Waals surface area (Å²) in [5.74, 6) is 0.0661. The molecule has 1 amide bonds. The Kier molecular flexibility index (Phi) is 4.54. The van der Waals surface area contributed by atoms with Gasteiger partial charge in [-0.1, -0.05) is 12.8 Å². The Morgan fingerprint density at radius 2 is 2.10 bits per heavy atom. The molecule has 0 aliphatic heterocycles. The van der Waals surface area contributed by atoms with Gasteiger partial charge in [-0.15, -0.1) is 0 Å².